The Morgan fingerprint density at radius 3 is 2.58 bits per heavy atom. The lowest BCUT2D eigenvalue weighted by atomic mass is 9.72. The molecule has 0 aromatic heterocycles. The maximum absolute atomic E-state index is 13.0. The number of ether oxygens (including phenoxy) is 1. The highest BCUT2D eigenvalue weighted by Gasteiger charge is 2.50. The largest absolute Gasteiger partial charge is 0.496 e. The molecule has 8 heteroatoms. The van der Waals surface area contributed by atoms with Crippen LogP contribution in [-0.4, -0.2) is 13.0 Å². The highest BCUT2D eigenvalue weighted by atomic mass is 35.5. The first kappa shape index (κ1) is 18.1. The molecule has 0 radical (unpaired) electrons. The molecule has 4 nitrogen and oxygen atoms in total. The van der Waals surface area contributed by atoms with E-state index in [1.165, 1.54) is 19.2 Å². The molecule has 1 unspecified atom stereocenters. The van der Waals surface area contributed by atoms with E-state index in [0.717, 1.165) is 12.1 Å². The molecule has 0 saturated carbocycles. The van der Waals surface area contributed by atoms with Crippen LogP contribution in [0.5, 0.6) is 5.75 Å². The van der Waals surface area contributed by atoms with Crippen molar-refractivity contribution in [3.05, 3.63) is 58.1 Å². The van der Waals surface area contributed by atoms with Crippen molar-refractivity contribution in [2.24, 2.45) is 0 Å². The van der Waals surface area contributed by atoms with Crippen molar-refractivity contribution in [3.8, 4) is 11.8 Å². The third kappa shape index (κ3) is 2.67. The summed E-state index contributed by atoms with van der Waals surface area (Å²) in [6.45, 7) is 0. The lowest BCUT2D eigenvalue weighted by Gasteiger charge is -2.27. The molecule has 0 fully saturated rings. The minimum atomic E-state index is -4.55. The number of rotatable bonds is 3. The second kappa shape index (κ2) is 6.22. The number of nitrogens with zero attached hydrogens (tertiary/aromatic N) is 1. The molecule has 2 aromatic rings. The molecule has 0 saturated heterocycles. The number of nitriles is 1. The van der Waals surface area contributed by atoms with Gasteiger partial charge in [0.2, 0.25) is 5.91 Å². The van der Waals surface area contributed by atoms with Crippen LogP contribution in [-0.2, 0) is 16.4 Å². The summed E-state index contributed by atoms with van der Waals surface area (Å²) >= 11 is 6.06. The number of carbonyl (C=O) groups is 1. The standard InChI is InChI=1S/C18H12ClF3N2O2/c1-26-15-5-3-11(19)9-13(15)17(6-7-23)12-4-2-10(18(20,21)22)8-14(12)24-16(17)25/h2-5,8-9H,6H2,1H3,(H,24,25). The maximum atomic E-state index is 13.0. The van der Waals surface area contributed by atoms with Crippen molar-refractivity contribution in [1.29, 1.82) is 5.26 Å². The second-order valence-corrected chi connectivity index (χ2v) is 6.23. The van der Waals surface area contributed by atoms with E-state index in [1.54, 1.807) is 12.1 Å². The second-order valence-electron chi connectivity index (χ2n) is 5.80. The van der Waals surface area contributed by atoms with Crippen molar-refractivity contribution < 1.29 is 22.7 Å². The number of carbonyl (C=O) groups excluding carboxylic acids is 1. The quantitative estimate of drug-likeness (QED) is 0.851. The molecule has 3 rings (SSSR count). The van der Waals surface area contributed by atoms with Gasteiger partial charge in [-0.15, -0.1) is 0 Å². The van der Waals surface area contributed by atoms with E-state index in [2.05, 4.69) is 5.32 Å². The van der Waals surface area contributed by atoms with E-state index in [9.17, 15) is 23.2 Å². The third-order valence-electron chi connectivity index (χ3n) is 4.41. The van der Waals surface area contributed by atoms with E-state index in [1.807, 2.05) is 6.07 Å². The summed E-state index contributed by atoms with van der Waals surface area (Å²) in [5.74, 6) is -0.290. The fourth-order valence-corrected chi connectivity index (χ4v) is 3.39. The minimum absolute atomic E-state index is 0.0158. The van der Waals surface area contributed by atoms with Crippen LogP contribution in [0.15, 0.2) is 36.4 Å². The zero-order valence-electron chi connectivity index (χ0n) is 13.4. The Morgan fingerprint density at radius 2 is 1.96 bits per heavy atom. The first-order valence-electron chi connectivity index (χ1n) is 7.48. The molecule has 0 aliphatic carbocycles. The van der Waals surface area contributed by atoms with E-state index in [4.69, 9.17) is 16.3 Å². The highest BCUT2D eigenvalue weighted by molar-refractivity contribution is 6.30. The number of anilines is 1. The van der Waals surface area contributed by atoms with E-state index < -0.39 is 23.1 Å². The van der Waals surface area contributed by atoms with Crippen molar-refractivity contribution in [1.82, 2.24) is 0 Å². The Balaban J connectivity index is 2.29. The molecule has 1 aliphatic rings. The van der Waals surface area contributed by atoms with Crippen LogP contribution in [0.3, 0.4) is 0 Å². The Labute approximate surface area is 152 Å². The molecule has 1 aliphatic heterocycles. The molecule has 2 aromatic carbocycles. The van der Waals surface area contributed by atoms with Crippen molar-refractivity contribution >= 4 is 23.2 Å². The number of benzene rings is 2. The Hall–Kier alpha value is -2.72. The summed E-state index contributed by atoms with van der Waals surface area (Å²) in [4.78, 5) is 12.8. The van der Waals surface area contributed by atoms with Gasteiger partial charge in [0.25, 0.3) is 0 Å². The Morgan fingerprint density at radius 1 is 1.23 bits per heavy atom. The van der Waals surface area contributed by atoms with E-state index >= 15 is 0 Å². The smallest absolute Gasteiger partial charge is 0.416 e. The molecule has 1 N–H and O–H groups in total. The Bertz CT molecular complexity index is 937. The van der Waals surface area contributed by atoms with Gasteiger partial charge in [-0.2, -0.15) is 18.4 Å². The van der Waals surface area contributed by atoms with Crippen molar-refractivity contribution in [3.63, 3.8) is 0 Å². The summed E-state index contributed by atoms with van der Waals surface area (Å²) in [5.41, 5.74) is -1.78. The number of methoxy groups -OCH3 is 1. The molecular weight excluding hydrogens is 369 g/mol. The van der Waals surface area contributed by atoms with Crippen LogP contribution in [0, 0.1) is 11.3 Å². The zero-order valence-corrected chi connectivity index (χ0v) is 14.2. The fourth-order valence-electron chi connectivity index (χ4n) is 3.22. The molecule has 1 atom stereocenters. The van der Waals surface area contributed by atoms with Gasteiger partial charge in [0.1, 0.15) is 11.2 Å². The van der Waals surface area contributed by atoms with Gasteiger partial charge in [0.05, 0.1) is 25.2 Å². The summed E-state index contributed by atoms with van der Waals surface area (Å²) in [6.07, 6.45) is -4.83. The number of nitrogens with one attached hydrogen (secondary N) is 1. The number of amides is 1. The first-order chi connectivity index (χ1) is 12.2. The van der Waals surface area contributed by atoms with Gasteiger partial charge in [-0.05, 0) is 35.9 Å². The molecule has 134 valence electrons. The Kier molecular flexibility index (Phi) is 4.32. The lowest BCUT2D eigenvalue weighted by Crippen LogP contribution is -2.35. The number of fused-ring (bicyclic) bond motifs is 1. The van der Waals surface area contributed by atoms with Gasteiger partial charge in [-0.25, -0.2) is 0 Å². The molecule has 1 amide bonds. The van der Waals surface area contributed by atoms with Crippen LogP contribution < -0.4 is 10.1 Å². The van der Waals surface area contributed by atoms with Gasteiger partial charge in [0.15, 0.2) is 0 Å². The summed E-state index contributed by atoms with van der Waals surface area (Å²) in [7, 11) is 1.40. The van der Waals surface area contributed by atoms with Crippen LogP contribution in [0.25, 0.3) is 0 Å². The van der Waals surface area contributed by atoms with E-state index in [-0.39, 0.29) is 17.7 Å². The van der Waals surface area contributed by atoms with Crippen LogP contribution in [0.2, 0.25) is 5.02 Å². The van der Waals surface area contributed by atoms with Gasteiger partial charge in [-0.1, -0.05) is 17.7 Å². The normalized spacial score (nSPS) is 18.8. The topological polar surface area (TPSA) is 62.1 Å². The fraction of sp³-hybridized carbons (Fsp3) is 0.222. The first-order valence-corrected chi connectivity index (χ1v) is 7.86. The third-order valence-corrected chi connectivity index (χ3v) is 4.64. The molecule has 1 heterocycles. The monoisotopic (exact) mass is 380 g/mol. The minimum Gasteiger partial charge on any atom is -0.496 e. The number of hydrogen-bond acceptors (Lipinski definition) is 3. The van der Waals surface area contributed by atoms with Gasteiger partial charge in [-0.3, -0.25) is 4.79 Å². The summed E-state index contributed by atoms with van der Waals surface area (Å²) < 4.78 is 44.3. The molecule has 0 bridgehead atoms. The van der Waals surface area contributed by atoms with Crippen molar-refractivity contribution in [2.45, 2.75) is 18.0 Å². The predicted octanol–water partition coefficient (Wildman–Crippen LogP) is 4.52. The zero-order chi connectivity index (χ0) is 19.1. The number of alkyl halides is 3. The van der Waals surface area contributed by atoms with Gasteiger partial charge >= 0.3 is 6.18 Å². The van der Waals surface area contributed by atoms with Crippen LogP contribution in [0.1, 0.15) is 23.1 Å². The van der Waals surface area contributed by atoms with E-state index in [0.29, 0.717) is 16.3 Å². The maximum Gasteiger partial charge on any atom is 0.416 e. The van der Waals surface area contributed by atoms with Crippen molar-refractivity contribution in [2.75, 3.05) is 12.4 Å². The lowest BCUT2D eigenvalue weighted by molar-refractivity contribution is -0.137. The molecule has 26 heavy (non-hydrogen) atoms. The van der Waals surface area contributed by atoms with Gasteiger partial charge in [0, 0.05) is 16.3 Å². The van der Waals surface area contributed by atoms with Gasteiger partial charge < -0.3 is 10.1 Å². The predicted molar refractivity (Wildman–Crippen MR) is 89.1 cm³/mol. The summed E-state index contributed by atoms with van der Waals surface area (Å²) in [5, 5.41) is 12.1. The highest BCUT2D eigenvalue weighted by Crippen LogP contribution is 2.49. The molecule has 0 spiro atoms. The average molecular weight is 381 g/mol. The number of hydrogen-bond donors (Lipinski definition) is 1. The van der Waals surface area contributed by atoms with Crippen LogP contribution in [0.4, 0.5) is 18.9 Å². The summed E-state index contributed by atoms with van der Waals surface area (Å²) in [6, 6.07) is 9.52. The SMILES string of the molecule is COc1ccc(Cl)cc1C1(CC#N)C(=O)Nc2cc(C(F)(F)F)ccc21. The molecular formula is C18H12ClF3N2O2. The number of halogens is 4. The van der Waals surface area contributed by atoms with Crippen LogP contribution >= 0.6 is 11.6 Å². The average Bonchev–Trinajstić information content (AvgIpc) is 2.86.